The number of carbonyl (C=O) groups excluding carboxylic acids is 3. The van der Waals surface area contributed by atoms with Crippen molar-refractivity contribution < 1.29 is 14.4 Å². The Balaban J connectivity index is 1.58. The number of aromatic nitrogens is 2. The Labute approximate surface area is 124 Å². The van der Waals surface area contributed by atoms with Crippen molar-refractivity contribution in [1.29, 1.82) is 0 Å². The third kappa shape index (κ3) is 2.75. The molecule has 0 saturated carbocycles. The van der Waals surface area contributed by atoms with Crippen LogP contribution in [0.3, 0.4) is 0 Å². The fourth-order valence-corrected chi connectivity index (χ4v) is 2.79. The van der Waals surface area contributed by atoms with Crippen LogP contribution in [0.4, 0.5) is 4.79 Å². The van der Waals surface area contributed by atoms with Gasteiger partial charge in [-0.2, -0.15) is 0 Å². The standard InChI is InChI=1S/C13H12N4O3S/c18-11-7-21-13(20)17(11)4-2-15-12(19)9-1-3-16-8-14-6-10(16)5-9/h1,3,5-6,8H,2,4,7H2,(H,15,19). The lowest BCUT2D eigenvalue weighted by Gasteiger charge is -2.13. The van der Waals surface area contributed by atoms with Crippen LogP contribution < -0.4 is 5.32 Å². The van der Waals surface area contributed by atoms with Gasteiger partial charge in [-0.05, 0) is 12.1 Å². The van der Waals surface area contributed by atoms with Gasteiger partial charge in [-0.3, -0.25) is 19.3 Å². The molecule has 0 spiro atoms. The maximum atomic E-state index is 12.0. The summed E-state index contributed by atoms with van der Waals surface area (Å²) in [4.78, 5) is 40.0. The summed E-state index contributed by atoms with van der Waals surface area (Å²) in [5.41, 5.74) is 1.33. The fraction of sp³-hybridized carbons (Fsp3) is 0.231. The minimum Gasteiger partial charge on any atom is -0.350 e. The predicted molar refractivity (Wildman–Crippen MR) is 77.1 cm³/mol. The average Bonchev–Trinajstić information content (AvgIpc) is 3.07. The molecule has 0 aromatic carbocycles. The van der Waals surface area contributed by atoms with E-state index in [2.05, 4.69) is 10.3 Å². The van der Waals surface area contributed by atoms with Gasteiger partial charge in [0.05, 0.1) is 23.8 Å². The highest BCUT2D eigenvalue weighted by Crippen LogP contribution is 2.17. The summed E-state index contributed by atoms with van der Waals surface area (Å²) in [6, 6.07) is 3.41. The molecule has 0 unspecified atom stereocenters. The van der Waals surface area contributed by atoms with Crippen LogP contribution in [0.1, 0.15) is 10.4 Å². The Morgan fingerprint density at radius 2 is 2.29 bits per heavy atom. The fourth-order valence-electron chi connectivity index (χ4n) is 2.04. The molecule has 0 atom stereocenters. The van der Waals surface area contributed by atoms with Crippen LogP contribution in [0.5, 0.6) is 0 Å². The first-order valence-electron chi connectivity index (χ1n) is 6.32. The molecule has 0 radical (unpaired) electrons. The van der Waals surface area contributed by atoms with Crippen LogP contribution in [0.15, 0.2) is 30.9 Å². The lowest BCUT2D eigenvalue weighted by Crippen LogP contribution is -2.37. The van der Waals surface area contributed by atoms with Gasteiger partial charge in [0.15, 0.2) is 0 Å². The Kier molecular flexibility index (Phi) is 3.61. The Morgan fingerprint density at radius 3 is 3.05 bits per heavy atom. The molecule has 0 bridgehead atoms. The number of hydrogen-bond acceptors (Lipinski definition) is 5. The Bertz CT molecular complexity index is 711. The number of carbonyl (C=O) groups is 3. The van der Waals surface area contributed by atoms with Gasteiger partial charge in [-0.1, -0.05) is 11.8 Å². The monoisotopic (exact) mass is 304 g/mol. The van der Waals surface area contributed by atoms with E-state index in [-0.39, 0.29) is 35.9 Å². The number of amides is 3. The molecule has 1 aliphatic heterocycles. The quantitative estimate of drug-likeness (QED) is 0.901. The second kappa shape index (κ2) is 5.57. The first kappa shape index (κ1) is 13.6. The highest BCUT2D eigenvalue weighted by atomic mass is 32.2. The van der Waals surface area contributed by atoms with Crippen molar-refractivity contribution in [3.63, 3.8) is 0 Å². The van der Waals surface area contributed by atoms with Crippen LogP contribution >= 0.6 is 11.8 Å². The SMILES string of the molecule is O=C(NCCN1C(=O)CSC1=O)c1ccn2cncc2c1. The molecule has 21 heavy (non-hydrogen) atoms. The van der Waals surface area contributed by atoms with Gasteiger partial charge < -0.3 is 9.72 Å². The molecule has 1 saturated heterocycles. The third-order valence-corrected chi connectivity index (χ3v) is 4.00. The van der Waals surface area contributed by atoms with Crippen LogP contribution in [-0.4, -0.2) is 50.2 Å². The van der Waals surface area contributed by atoms with Crippen LogP contribution in [0.2, 0.25) is 0 Å². The minimum absolute atomic E-state index is 0.185. The number of nitrogens with one attached hydrogen (secondary N) is 1. The minimum atomic E-state index is -0.255. The maximum Gasteiger partial charge on any atom is 0.288 e. The average molecular weight is 304 g/mol. The molecule has 3 rings (SSSR count). The van der Waals surface area contributed by atoms with Gasteiger partial charge in [0.25, 0.3) is 11.1 Å². The van der Waals surface area contributed by atoms with E-state index in [0.29, 0.717) is 5.56 Å². The van der Waals surface area contributed by atoms with Crippen molar-refractivity contribution in [3.05, 3.63) is 36.4 Å². The molecule has 1 aliphatic rings. The highest BCUT2D eigenvalue weighted by molar-refractivity contribution is 8.14. The lowest BCUT2D eigenvalue weighted by atomic mass is 10.2. The van der Waals surface area contributed by atoms with E-state index in [1.165, 1.54) is 0 Å². The summed E-state index contributed by atoms with van der Waals surface area (Å²) in [6.45, 7) is 0.437. The summed E-state index contributed by atoms with van der Waals surface area (Å²) < 4.78 is 1.80. The maximum absolute atomic E-state index is 12.0. The topological polar surface area (TPSA) is 83.8 Å². The van der Waals surface area contributed by atoms with E-state index < -0.39 is 0 Å². The summed E-state index contributed by atoms with van der Waals surface area (Å²) in [6.07, 6.45) is 5.07. The molecule has 8 heteroatoms. The largest absolute Gasteiger partial charge is 0.350 e. The molecule has 2 aromatic heterocycles. The first-order chi connectivity index (χ1) is 10.1. The van der Waals surface area contributed by atoms with Gasteiger partial charge in [0, 0.05) is 24.8 Å². The summed E-state index contributed by atoms with van der Waals surface area (Å²) >= 11 is 0.986. The molecule has 2 aromatic rings. The number of hydrogen-bond donors (Lipinski definition) is 1. The second-order valence-corrected chi connectivity index (χ2v) is 5.42. The van der Waals surface area contributed by atoms with Gasteiger partial charge in [-0.15, -0.1) is 0 Å². The zero-order valence-corrected chi connectivity index (χ0v) is 11.8. The summed E-state index contributed by atoms with van der Waals surface area (Å²) in [5.74, 6) is -0.268. The van der Waals surface area contributed by atoms with Crippen molar-refractivity contribution in [3.8, 4) is 0 Å². The number of imide groups is 1. The van der Waals surface area contributed by atoms with Gasteiger partial charge in [0.1, 0.15) is 0 Å². The van der Waals surface area contributed by atoms with Gasteiger partial charge in [-0.25, -0.2) is 4.98 Å². The molecule has 1 fully saturated rings. The zero-order valence-electron chi connectivity index (χ0n) is 11.0. The number of imidazole rings is 1. The molecule has 0 aliphatic carbocycles. The second-order valence-electron chi connectivity index (χ2n) is 4.50. The number of nitrogens with zero attached hydrogens (tertiary/aromatic N) is 3. The smallest absolute Gasteiger partial charge is 0.288 e. The number of fused-ring (bicyclic) bond motifs is 1. The van der Waals surface area contributed by atoms with E-state index in [4.69, 9.17) is 0 Å². The van der Waals surface area contributed by atoms with Crippen LogP contribution in [0, 0.1) is 0 Å². The number of rotatable bonds is 4. The normalized spacial score (nSPS) is 15.0. The molecule has 3 heterocycles. The third-order valence-electron chi connectivity index (χ3n) is 3.14. The molecule has 108 valence electrons. The van der Waals surface area contributed by atoms with E-state index in [0.717, 1.165) is 22.2 Å². The lowest BCUT2D eigenvalue weighted by molar-refractivity contribution is -0.124. The van der Waals surface area contributed by atoms with Gasteiger partial charge in [0.2, 0.25) is 5.91 Å². The van der Waals surface area contributed by atoms with E-state index in [1.54, 1.807) is 35.3 Å². The van der Waals surface area contributed by atoms with E-state index in [1.807, 2.05) is 0 Å². The number of thioether (sulfide) groups is 1. The summed E-state index contributed by atoms with van der Waals surface area (Å²) in [7, 11) is 0. The number of pyridine rings is 1. The van der Waals surface area contributed by atoms with Crippen molar-refractivity contribution in [2.24, 2.45) is 0 Å². The van der Waals surface area contributed by atoms with Crippen molar-refractivity contribution in [2.45, 2.75) is 0 Å². The van der Waals surface area contributed by atoms with Gasteiger partial charge >= 0.3 is 0 Å². The first-order valence-corrected chi connectivity index (χ1v) is 7.31. The Hall–Kier alpha value is -2.35. The molecular weight excluding hydrogens is 292 g/mol. The van der Waals surface area contributed by atoms with E-state index >= 15 is 0 Å². The predicted octanol–water partition coefficient (Wildman–Crippen LogP) is 0.759. The van der Waals surface area contributed by atoms with Crippen LogP contribution in [-0.2, 0) is 4.79 Å². The van der Waals surface area contributed by atoms with E-state index in [9.17, 15) is 14.4 Å². The van der Waals surface area contributed by atoms with Crippen molar-refractivity contribution in [1.82, 2.24) is 19.6 Å². The molecule has 1 N–H and O–H groups in total. The zero-order chi connectivity index (χ0) is 14.8. The Morgan fingerprint density at radius 1 is 1.43 bits per heavy atom. The van der Waals surface area contributed by atoms with Crippen molar-refractivity contribution >= 4 is 34.3 Å². The molecular formula is C13H12N4O3S. The van der Waals surface area contributed by atoms with Crippen molar-refractivity contribution in [2.75, 3.05) is 18.8 Å². The molecule has 3 amide bonds. The summed E-state index contributed by atoms with van der Waals surface area (Å²) in [5, 5.41) is 2.45. The van der Waals surface area contributed by atoms with Crippen LogP contribution in [0.25, 0.3) is 5.52 Å². The molecule has 7 nitrogen and oxygen atoms in total. The highest BCUT2D eigenvalue weighted by Gasteiger charge is 2.29.